The van der Waals surface area contributed by atoms with Crippen LogP contribution >= 0.6 is 0 Å². The van der Waals surface area contributed by atoms with Crippen molar-refractivity contribution in [3.05, 3.63) is 64.4 Å². The molecule has 0 saturated carbocycles. The summed E-state index contributed by atoms with van der Waals surface area (Å²) in [7, 11) is 0. The van der Waals surface area contributed by atoms with Crippen LogP contribution < -0.4 is 5.56 Å². The number of carbonyl (C=O) groups is 1. The molecule has 1 fully saturated rings. The number of aromatic nitrogens is 2. The largest absolute Gasteiger partial charge is 0.339 e. The minimum absolute atomic E-state index is 0.0627. The molecule has 1 saturated heterocycles. The van der Waals surface area contributed by atoms with Crippen LogP contribution in [0.5, 0.6) is 0 Å². The van der Waals surface area contributed by atoms with Gasteiger partial charge >= 0.3 is 0 Å². The van der Waals surface area contributed by atoms with E-state index >= 15 is 0 Å². The van der Waals surface area contributed by atoms with Gasteiger partial charge in [0.1, 0.15) is 5.69 Å². The van der Waals surface area contributed by atoms with Gasteiger partial charge in [0.05, 0.1) is 11.0 Å². The lowest BCUT2D eigenvalue weighted by Gasteiger charge is -2.16. The Kier molecular flexibility index (Phi) is 4.99. The van der Waals surface area contributed by atoms with Gasteiger partial charge in [-0.1, -0.05) is 38.1 Å². The number of likely N-dealkylation sites (tertiary alicyclic amines) is 1. The Morgan fingerprint density at radius 3 is 2.39 bits per heavy atom. The Balaban J connectivity index is 1.75. The van der Waals surface area contributed by atoms with Gasteiger partial charge in [0.25, 0.3) is 11.5 Å². The van der Waals surface area contributed by atoms with Crippen molar-refractivity contribution in [2.24, 2.45) is 5.92 Å². The van der Waals surface area contributed by atoms with Crippen molar-refractivity contribution in [2.75, 3.05) is 13.1 Å². The lowest BCUT2D eigenvalue weighted by atomic mass is 10.1. The smallest absolute Gasteiger partial charge is 0.277 e. The van der Waals surface area contributed by atoms with Crippen molar-refractivity contribution in [3.63, 3.8) is 0 Å². The average molecular weight is 375 g/mol. The molecule has 0 N–H and O–H groups in total. The summed E-state index contributed by atoms with van der Waals surface area (Å²) >= 11 is 0. The molecule has 0 bridgehead atoms. The fourth-order valence-electron chi connectivity index (χ4n) is 3.80. The first-order valence-electron chi connectivity index (χ1n) is 9.94. The summed E-state index contributed by atoms with van der Waals surface area (Å²) in [4.78, 5) is 32.3. The van der Waals surface area contributed by atoms with Crippen LogP contribution in [0.1, 0.15) is 37.0 Å². The Bertz CT molecular complexity index is 1060. The molecule has 2 aromatic carbocycles. The second-order valence-corrected chi connectivity index (χ2v) is 7.84. The normalized spacial score (nSPS) is 14.2. The Morgan fingerprint density at radius 2 is 1.71 bits per heavy atom. The van der Waals surface area contributed by atoms with Gasteiger partial charge in [-0.2, -0.15) is 0 Å². The molecule has 0 aliphatic carbocycles. The molecule has 1 amide bonds. The van der Waals surface area contributed by atoms with Gasteiger partial charge in [0.2, 0.25) is 0 Å². The van der Waals surface area contributed by atoms with Crippen molar-refractivity contribution >= 4 is 16.9 Å². The molecule has 1 aliphatic rings. The average Bonchev–Trinajstić information content (AvgIpc) is 3.24. The van der Waals surface area contributed by atoms with Crippen molar-refractivity contribution in [1.29, 1.82) is 0 Å². The molecule has 144 valence electrons. The molecule has 2 heterocycles. The first-order chi connectivity index (χ1) is 13.5. The molecule has 5 heteroatoms. The van der Waals surface area contributed by atoms with E-state index in [4.69, 9.17) is 0 Å². The highest BCUT2D eigenvalue weighted by Gasteiger charge is 2.20. The summed E-state index contributed by atoms with van der Waals surface area (Å²) < 4.78 is 1.81. The Morgan fingerprint density at radius 1 is 1.04 bits per heavy atom. The summed E-state index contributed by atoms with van der Waals surface area (Å²) in [6, 6.07) is 15.0. The van der Waals surface area contributed by atoms with Crippen molar-refractivity contribution in [3.8, 4) is 11.3 Å². The fourth-order valence-corrected chi connectivity index (χ4v) is 3.80. The van der Waals surface area contributed by atoms with Crippen LogP contribution in [-0.4, -0.2) is 33.4 Å². The quantitative estimate of drug-likeness (QED) is 0.694. The van der Waals surface area contributed by atoms with E-state index in [2.05, 4.69) is 18.8 Å². The summed E-state index contributed by atoms with van der Waals surface area (Å²) in [5.41, 5.74) is 3.39. The third-order valence-electron chi connectivity index (χ3n) is 5.20. The molecular formula is C23H25N3O2. The van der Waals surface area contributed by atoms with Crippen molar-refractivity contribution < 1.29 is 4.79 Å². The number of para-hydroxylation sites is 2. The van der Waals surface area contributed by atoms with Gasteiger partial charge in [0.15, 0.2) is 0 Å². The van der Waals surface area contributed by atoms with Crippen LogP contribution in [0.2, 0.25) is 0 Å². The van der Waals surface area contributed by atoms with E-state index in [9.17, 15) is 9.59 Å². The molecule has 0 spiro atoms. The zero-order valence-electron chi connectivity index (χ0n) is 16.4. The van der Waals surface area contributed by atoms with Gasteiger partial charge in [-0.25, -0.2) is 4.98 Å². The molecule has 1 aromatic heterocycles. The SMILES string of the molecule is CC(C)Cn1c(=O)c(-c2ccc(C(=O)N3CCCC3)cc2)nc2ccccc21. The molecule has 0 atom stereocenters. The van der Waals surface area contributed by atoms with Gasteiger partial charge in [0, 0.05) is 30.8 Å². The van der Waals surface area contributed by atoms with E-state index in [0.29, 0.717) is 23.7 Å². The number of carbonyl (C=O) groups excluding carboxylic acids is 1. The number of fused-ring (bicyclic) bond motifs is 1. The summed E-state index contributed by atoms with van der Waals surface area (Å²) in [5.74, 6) is 0.407. The monoisotopic (exact) mass is 375 g/mol. The lowest BCUT2D eigenvalue weighted by molar-refractivity contribution is 0.0793. The summed E-state index contributed by atoms with van der Waals surface area (Å²) in [6.45, 7) is 6.49. The first-order valence-corrected chi connectivity index (χ1v) is 9.94. The van der Waals surface area contributed by atoms with E-state index < -0.39 is 0 Å². The van der Waals surface area contributed by atoms with E-state index in [1.807, 2.05) is 45.9 Å². The fraction of sp³-hybridized carbons (Fsp3) is 0.348. The second kappa shape index (κ2) is 7.58. The van der Waals surface area contributed by atoms with E-state index in [0.717, 1.165) is 42.5 Å². The zero-order chi connectivity index (χ0) is 19.7. The van der Waals surface area contributed by atoms with Gasteiger partial charge in [-0.15, -0.1) is 0 Å². The molecule has 0 radical (unpaired) electrons. The van der Waals surface area contributed by atoms with Gasteiger partial charge in [-0.05, 0) is 43.0 Å². The standard InChI is InChI=1S/C23H25N3O2/c1-16(2)15-26-20-8-4-3-7-19(20)24-21(23(26)28)17-9-11-18(12-10-17)22(27)25-13-5-6-14-25/h3-4,7-12,16H,5-6,13-15H2,1-2H3. The molecular weight excluding hydrogens is 350 g/mol. The lowest BCUT2D eigenvalue weighted by Crippen LogP contribution is -2.27. The highest BCUT2D eigenvalue weighted by Crippen LogP contribution is 2.20. The number of hydrogen-bond donors (Lipinski definition) is 0. The molecule has 4 rings (SSSR count). The highest BCUT2D eigenvalue weighted by molar-refractivity contribution is 5.94. The number of rotatable bonds is 4. The molecule has 28 heavy (non-hydrogen) atoms. The molecule has 5 nitrogen and oxygen atoms in total. The number of amides is 1. The van der Waals surface area contributed by atoms with E-state index in [1.165, 1.54) is 0 Å². The summed E-state index contributed by atoms with van der Waals surface area (Å²) in [6.07, 6.45) is 2.14. The minimum Gasteiger partial charge on any atom is -0.339 e. The van der Waals surface area contributed by atoms with Gasteiger partial charge < -0.3 is 9.47 Å². The van der Waals surface area contributed by atoms with Crippen LogP contribution in [0.4, 0.5) is 0 Å². The van der Waals surface area contributed by atoms with Crippen LogP contribution in [0.3, 0.4) is 0 Å². The maximum Gasteiger partial charge on any atom is 0.277 e. The maximum atomic E-state index is 13.2. The minimum atomic E-state index is -0.0916. The molecule has 1 aliphatic heterocycles. The summed E-state index contributed by atoms with van der Waals surface area (Å²) in [5, 5.41) is 0. The van der Waals surface area contributed by atoms with E-state index in [1.54, 1.807) is 12.1 Å². The van der Waals surface area contributed by atoms with Crippen LogP contribution in [-0.2, 0) is 6.54 Å². The Hall–Kier alpha value is -2.95. The predicted molar refractivity (Wildman–Crippen MR) is 111 cm³/mol. The maximum absolute atomic E-state index is 13.2. The predicted octanol–water partition coefficient (Wildman–Crippen LogP) is 3.96. The Labute approximate surface area is 164 Å². The number of benzene rings is 2. The van der Waals surface area contributed by atoms with Crippen LogP contribution in [0.25, 0.3) is 22.3 Å². The van der Waals surface area contributed by atoms with Crippen LogP contribution in [0, 0.1) is 5.92 Å². The second-order valence-electron chi connectivity index (χ2n) is 7.84. The van der Waals surface area contributed by atoms with Crippen molar-refractivity contribution in [1.82, 2.24) is 14.5 Å². The third-order valence-corrected chi connectivity index (χ3v) is 5.20. The number of nitrogens with zero attached hydrogens (tertiary/aromatic N) is 3. The zero-order valence-corrected chi connectivity index (χ0v) is 16.4. The van der Waals surface area contributed by atoms with Crippen LogP contribution in [0.15, 0.2) is 53.3 Å². The third kappa shape index (κ3) is 3.44. The molecule has 3 aromatic rings. The van der Waals surface area contributed by atoms with Gasteiger partial charge in [-0.3, -0.25) is 9.59 Å². The number of hydrogen-bond acceptors (Lipinski definition) is 3. The highest BCUT2D eigenvalue weighted by atomic mass is 16.2. The molecule has 0 unspecified atom stereocenters. The topological polar surface area (TPSA) is 55.2 Å². The first kappa shape index (κ1) is 18.4. The van der Waals surface area contributed by atoms with Crippen molar-refractivity contribution in [2.45, 2.75) is 33.2 Å². The van der Waals surface area contributed by atoms with E-state index in [-0.39, 0.29) is 11.5 Å².